The van der Waals surface area contributed by atoms with Gasteiger partial charge in [0.2, 0.25) is 5.91 Å². The maximum Gasteiger partial charge on any atom is 0.328 e. The lowest BCUT2D eigenvalue weighted by atomic mass is 10.1. The molecule has 1 aliphatic heterocycles. The molecule has 1 fully saturated rings. The molecule has 0 aliphatic carbocycles. The van der Waals surface area contributed by atoms with Crippen molar-refractivity contribution in [3.8, 4) is 0 Å². The Hall–Kier alpha value is -2.04. The van der Waals surface area contributed by atoms with Crippen molar-refractivity contribution in [1.29, 1.82) is 0 Å². The number of hydrogen-bond donors (Lipinski definition) is 2. The molecule has 1 unspecified atom stereocenters. The molecule has 19 heavy (non-hydrogen) atoms. The molecule has 0 aromatic heterocycles. The van der Waals surface area contributed by atoms with Crippen LogP contribution in [0.5, 0.6) is 0 Å². The van der Waals surface area contributed by atoms with Gasteiger partial charge in [0.15, 0.2) is 0 Å². The van der Waals surface area contributed by atoms with Crippen molar-refractivity contribution in [1.82, 2.24) is 5.32 Å². The van der Waals surface area contributed by atoms with Crippen molar-refractivity contribution in [2.45, 2.75) is 25.8 Å². The van der Waals surface area contributed by atoms with Gasteiger partial charge in [-0.3, -0.25) is 4.79 Å². The molecule has 0 radical (unpaired) electrons. The summed E-state index contributed by atoms with van der Waals surface area (Å²) in [7, 11) is 0. The van der Waals surface area contributed by atoms with Crippen LogP contribution in [0, 0.1) is 0 Å². The molecule has 1 heterocycles. The van der Waals surface area contributed by atoms with Crippen LogP contribution in [0.4, 0.5) is 5.69 Å². The number of rotatable bonds is 3. The summed E-state index contributed by atoms with van der Waals surface area (Å²) >= 11 is 0. The first kappa shape index (κ1) is 13.4. The predicted molar refractivity (Wildman–Crippen MR) is 72.2 cm³/mol. The predicted octanol–water partition coefficient (Wildman–Crippen LogP) is 1.03. The number of carboxylic acids is 1. The highest BCUT2D eigenvalue weighted by Crippen LogP contribution is 2.18. The quantitative estimate of drug-likeness (QED) is 0.853. The van der Waals surface area contributed by atoms with Gasteiger partial charge in [0, 0.05) is 25.2 Å². The number of aryl methyl sites for hydroxylation is 1. The number of nitrogens with zero attached hydrogens (tertiary/aromatic N) is 1. The van der Waals surface area contributed by atoms with E-state index in [9.17, 15) is 9.59 Å². The molecular formula is C14H18N2O3. The fraction of sp³-hybridized carbons (Fsp3) is 0.429. The standard InChI is InChI=1S/C14H18N2O3/c1-2-10-3-5-11(6-4-10)16-8-7-13(17)15-12(9-16)14(18)19/h3-6,12H,2,7-9H2,1H3,(H,15,17)(H,18,19). The first-order chi connectivity index (χ1) is 9.10. The second-order valence-corrected chi connectivity index (χ2v) is 4.67. The van der Waals surface area contributed by atoms with Gasteiger partial charge in [0.1, 0.15) is 6.04 Å². The monoisotopic (exact) mass is 262 g/mol. The summed E-state index contributed by atoms with van der Waals surface area (Å²) in [6.07, 6.45) is 1.29. The van der Waals surface area contributed by atoms with E-state index >= 15 is 0 Å². The molecule has 102 valence electrons. The van der Waals surface area contributed by atoms with Gasteiger partial charge in [-0.05, 0) is 24.1 Å². The Kier molecular flexibility index (Phi) is 4.04. The molecule has 2 N–H and O–H groups in total. The van der Waals surface area contributed by atoms with Crippen molar-refractivity contribution in [3.05, 3.63) is 29.8 Å². The molecule has 5 heteroatoms. The van der Waals surface area contributed by atoms with Gasteiger partial charge < -0.3 is 15.3 Å². The van der Waals surface area contributed by atoms with Crippen molar-refractivity contribution >= 4 is 17.6 Å². The van der Waals surface area contributed by atoms with E-state index < -0.39 is 12.0 Å². The van der Waals surface area contributed by atoms with Crippen molar-refractivity contribution in [3.63, 3.8) is 0 Å². The number of carbonyl (C=O) groups is 2. The minimum atomic E-state index is -0.995. The molecular weight excluding hydrogens is 244 g/mol. The first-order valence-electron chi connectivity index (χ1n) is 6.46. The average Bonchev–Trinajstić information content (AvgIpc) is 2.61. The lowest BCUT2D eigenvalue weighted by Crippen LogP contribution is -2.45. The average molecular weight is 262 g/mol. The fourth-order valence-corrected chi connectivity index (χ4v) is 2.18. The van der Waals surface area contributed by atoms with Crippen LogP contribution in [0.1, 0.15) is 18.9 Å². The molecule has 0 spiro atoms. The third-order valence-corrected chi connectivity index (χ3v) is 3.35. The van der Waals surface area contributed by atoms with E-state index in [4.69, 9.17) is 5.11 Å². The van der Waals surface area contributed by atoms with Crippen LogP contribution < -0.4 is 10.2 Å². The molecule has 1 aliphatic rings. The van der Waals surface area contributed by atoms with E-state index in [0.717, 1.165) is 12.1 Å². The Bertz CT molecular complexity index is 470. The number of anilines is 1. The number of carboxylic acid groups (broad SMARTS) is 1. The maximum atomic E-state index is 11.5. The molecule has 1 atom stereocenters. The van der Waals surface area contributed by atoms with Crippen LogP contribution in [0.15, 0.2) is 24.3 Å². The highest BCUT2D eigenvalue weighted by Gasteiger charge is 2.26. The van der Waals surface area contributed by atoms with Crippen molar-refractivity contribution in [2.24, 2.45) is 0 Å². The first-order valence-corrected chi connectivity index (χ1v) is 6.46. The van der Waals surface area contributed by atoms with Gasteiger partial charge in [0.05, 0.1) is 0 Å². The van der Waals surface area contributed by atoms with Crippen LogP contribution in [0.2, 0.25) is 0 Å². The van der Waals surface area contributed by atoms with Gasteiger partial charge in [-0.25, -0.2) is 4.79 Å². The molecule has 2 rings (SSSR count). The Morgan fingerprint density at radius 1 is 1.42 bits per heavy atom. The second-order valence-electron chi connectivity index (χ2n) is 4.67. The number of benzene rings is 1. The maximum absolute atomic E-state index is 11.5. The van der Waals surface area contributed by atoms with Gasteiger partial charge in [0.25, 0.3) is 0 Å². The SMILES string of the molecule is CCc1ccc(N2CCC(=O)NC(C(=O)O)C2)cc1. The zero-order valence-corrected chi connectivity index (χ0v) is 10.9. The van der Waals surface area contributed by atoms with E-state index in [1.807, 2.05) is 29.2 Å². The lowest BCUT2D eigenvalue weighted by molar-refractivity contribution is -0.141. The molecule has 5 nitrogen and oxygen atoms in total. The number of nitrogens with one attached hydrogen (secondary N) is 1. The summed E-state index contributed by atoms with van der Waals surface area (Å²) in [5.41, 5.74) is 2.20. The van der Waals surface area contributed by atoms with E-state index in [1.165, 1.54) is 5.56 Å². The summed E-state index contributed by atoms with van der Waals surface area (Å²) in [6.45, 7) is 2.93. The van der Waals surface area contributed by atoms with E-state index in [-0.39, 0.29) is 5.91 Å². The van der Waals surface area contributed by atoms with Gasteiger partial charge >= 0.3 is 5.97 Å². The summed E-state index contributed by atoms with van der Waals surface area (Å²) in [6, 6.07) is 7.18. The fourth-order valence-electron chi connectivity index (χ4n) is 2.18. The van der Waals surface area contributed by atoms with Gasteiger partial charge in [-0.1, -0.05) is 19.1 Å². The van der Waals surface area contributed by atoms with Crippen LogP contribution in [-0.4, -0.2) is 36.1 Å². The number of carbonyl (C=O) groups excluding carboxylic acids is 1. The molecule has 1 aromatic rings. The summed E-state index contributed by atoms with van der Waals surface area (Å²) < 4.78 is 0. The summed E-state index contributed by atoms with van der Waals surface area (Å²) in [5, 5.41) is 11.6. The Morgan fingerprint density at radius 2 is 2.11 bits per heavy atom. The Balaban J connectivity index is 2.17. The third kappa shape index (κ3) is 3.24. The number of aliphatic carboxylic acids is 1. The van der Waals surface area contributed by atoms with Crippen molar-refractivity contribution in [2.75, 3.05) is 18.0 Å². The van der Waals surface area contributed by atoms with Crippen molar-refractivity contribution < 1.29 is 14.7 Å². The highest BCUT2D eigenvalue weighted by molar-refractivity contribution is 5.85. The van der Waals surface area contributed by atoms with E-state index in [2.05, 4.69) is 12.2 Å². The Labute approximate surface area is 112 Å². The second kappa shape index (κ2) is 5.73. The minimum absolute atomic E-state index is 0.208. The molecule has 1 amide bonds. The zero-order valence-electron chi connectivity index (χ0n) is 10.9. The molecule has 1 aromatic carbocycles. The number of amides is 1. The molecule has 0 bridgehead atoms. The summed E-state index contributed by atoms with van der Waals surface area (Å²) in [5.74, 6) is -1.20. The van der Waals surface area contributed by atoms with E-state index in [0.29, 0.717) is 19.5 Å². The molecule has 0 saturated carbocycles. The van der Waals surface area contributed by atoms with Crippen LogP contribution in [-0.2, 0) is 16.0 Å². The summed E-state index contributed by atoms with van der Waals surface area (Å²) in [4.78, 5) is 24.5. The largest absolute Gasteiger partial charge is 0.480 e. The smallest absolute Gasteiger partial charge is 0.328 e. The third-order valence-electron chi connectivity index (χ3n) is 3.35. The van der Waals surface area contributed by atoms with Gasteiger partial charge in [-0.2, -0.15) is 0 Å². The van der Waals surface area contributed by atoms with Crippen LogP contribution in [0.25, 0.3) is 0 Å². The highest BCUT2D eigenvalue weighted by atomic mass is 16.4. The zero-order chi connectivity index (χ0) is 13.8. The topological polar surface area (TPSA) is 69.6 Å². The van der Waals surface area contributed by atoms with Crippen LogP contribution >= 0.6 is 0 Å². The van der Waals surface area contributed by atoms with E-state index in [1.54, 1.807) is 0 Å². The lowest BCUT2D eigenvalue weighted by Gasteiger charge is -2.24. The minimum Gasteiger partial charge on any atom is -0.480 e. The molecule has 1 saturated heterocycles. The Morgan fingerprint density at radius 3 is 2.68 bits per heavy atom. The normalized spacial score (nSPS) is 19.7. The van der Waals surface area contributed by atoms with Crippen LogP contribution in [0.3, 0.4) is 0 Å². The van der Waals surface area contributed by atoms with Gasteiger partial charge in [-0.15, -0.1) is 0 Å². The number of hydrogen-bond acceptors (Lipinski definition) is 3.